The van der Waals surface area contributed by atoms with E-state index in [1.807, 2.05) is 31.2 Å². The number of fused-ring (bicyclic) bond motifs is 3. The lowest BCUT2D eigenvalue weighted by Gasteiger charge is -2.29. The van der Waals surface area contributed by atoms with Gasteiger partial charge >= 0.3 is 0 Å². The number of hydrogen-bond donors (Lipinski definition) is 1. The molecule has 2 aliphatic heterocycles. The van der Waals surface area contributed by atoms with Crippen LogP contribution in [0.4, 0.5) is 5.82 Å². The minimum Gasteiger partial charge on any atom is -0.489 e. The minimum atomic E-state index is -0.00314. The lowest BCUT2D eigenvalue weighted by molar-refractivity contribution is -0.0819. The average molecular weight is 433 g/mol. The Hall–Kier alpha value is -3.09. The Morgan fingerprint density at radius 3 is 2.81 bits per heavy atom. The molecule has 2 aromatic carbocycles. The molecular formula is C26H28N2O4. The maximum atomic E-state index is 12.8. The molecule has 166 valence electrons. The third-order valence-electron chi connectivity index (χ3n) is 6.13. The molecule has 32 heavy (non-hydrogen) atoms. The molecular weight excluding hydrogens is 404 g/mol. The van der Waals surface area contributed by atoms with Crippen molar-refractivity contribution in [2.24, 2.45) is 0 Å². The summed E-state index contributed by atoms with van der Waals surface area (Å²) in [7, 11) is 0. The number of ether oxygens (including phenoxy) is 3. The molecule has 0 radical (unpaired) electrons. The van der Waals surface area contributed by atoms with E-state index < -0.39 is 0 Å². The zero-order valence-corrected chi connectivity index (χ0v) is 18.3. The largest absolute Gasteiger partial charge is 0.489 e. The molecule has 0 aliphatic carbocycles. The van der Waals surface area contributed by atoms with Crippen LogP contribution in [0.25, 0.3) is 11.3 Å². The highest BCUT2D eigenvalue weighted by Gasteiger charge is 2.23. The zero-order chi connectivity index (χ0) is 21.9. The third kappa shape index (κ3) is 4.29. The average Bonchev–Trinajstić information content (AvgIpc) is 2.84. The second kappa shape index (κ2) is 9.18. The van der Waals surface area contributed by atoms with Crippen LogP contribution in [0.2, 0.25) is 0 Å². The minimum absolute atomic E-state index is 0.00314. The number of benzene rings is 2. The Labute approximate surface area is 187 Å². The van der Waals surface area contributed by atoms with Gasteiger partial charge in [0, 0.05) is 30.3 Å². The van der Waals surface area contributed by atoms with Gasteiger partial charge in [0.1, 0.15) is 18.2 Å². The molecule has 5 rings (SSSR count). The second-order valence-electron chi connectivity index (χ2n) is 8.31. The van der Waals surface area contributed by atoms with E-state index in [1.165, 1.54) is 5.56 Å². The molecule has 0 amide bonds. The first kappa shape index (κ1) is 20.8. The van der Waals surface area contributed by atoms with Crippen molar-refractivity contribution >= 4 is 5.82 Å². The number of aromatic nitrogens is 1. The number of anilines is 1. The first-order chi connectivity index (χ1) is 15.7. The Kier molecular flexibility index (Phi) is 5.97. The van der Waals surface area contributed by atoms with Crippen LogP contribution in [-0.4, -0.2) is 37.0 Å². The van der Waals surface area contributed by atoms with Crippen LogP contribution in [0.1, 0.15) is 16.7 Å². The highest BCUT2D eigenvalue weighted by Crippen LogP contribution is 2.35. The van der Waals surface area contributed by atoms with Crippen molar-refractivity contribution in [1.29, 1.82) is 0 Å². The van der Waals surface area contributed by atoms with Crippen molar-refractivity contribution in [3.8, 4) is 17.0 Å². The molecule has 3 aromatic rings. The van der Waals surface area contributed by atoms with Crippen molar-refractivity contribution in [2.75, 3.05) is 31.7 Å². The third-order valence-corrected chi connectivity index (χ3v) is 6.13. The summed E-state index contributed by atoms with van der Waals surface area (Å²) in [6, 6.07) is 18.0. The Morgan fingerprint density at radius 1 is 1.12 bits per heavy atom. The predicted octanol–water partition coefficient (Wildman–Crippen LogP) is 3.79. The summed E-state index contributed by atoms with van der Waals surface area (Å²) in [4.78, 5) is 12.8. The first-order valence-electron chi connectivity index (χ1n) is 11.2. The number of hydrogen-bond acceptors (Lipinski definition) is 5. The number of nitrogens with zero attached hydrogens (tertiary/aromatic N) is 1. The van der Waals surface area contributed by atoms with Gasteiger partial charge in [-0.05, 0) is 42.7 Å². The van der Waals surface area contributed by atoms with E-state index >= 15 is 0 Å². The van der Waals surface area contributed by atoms with E-state index in [2.05, 4.69) is 34.1 Å². The summed E-state index contributed by atoms with van der Waals surface area (Å²) < 4.78 is 19.5. The van der Waals surface area contributed by atoms with Crippen molar-refractivity contribution in [3.05, 3.63) is 81.5 Å². The van der Waals surface area contributed by atoms with Crippen molar-refractivity contribution in [3.63, 3.8) is 0 Å². The summed E-state index contributed by atoms with van der Waals surface area (Å²) in [5.41, 5.74) is 5.24. The summed E-state index contributed by atoms with van der Waals surface area (Å²) >= 11 is 0. The Bertz CT molecular complexity index is 1150. The lowest BCUT2D eigenvalue weighted by Crippen LogP contribution is -2.35. The van der Waals surface area contributed by atoms with E-state index in [9.17, 15) is 4.79 Å². The maximum Gasteiger partial charge on any atom is 0.187 e. The standard InChI is InChI=1S/C26H28N2O4/c1-18-24(29)14-25(27-15-22-17-30-11-12-31-22)28-10-9-20-13-21(7-8-23(20)26(18)28)32-16-19-5-3-2-4-6-19/h2-8,13-14,22,27H,9-12,15-17H2,1H3/t22-/m1/s1. The van der Waals surface area contributed by atoms with Gasteiger partial charge in [-0.2, -0.15) is 0 Å². The smallest absolute Gasteiger partial charge is 0.187 e. The topological polar surface area (TPSA) is 61.7 Å². The van der Waals surface area contributed by atoms with Gasteiger partial charge in [-0.15, -0.1) is 0 Å². The highest BCUT2D eigenvalue weighted by atomic mass is 16.6. The SMILES string of the molecule is Cc1c2n(c(NC[C@@H]3COCCO3)cc1=O)CCc1cc(OCc3ccccc3)ccc1-2. The van der Waals surface area contributed by atoms with Crippen LogP contribution in [-0.2, 0) is 29.0 Å². The van der Waals surface area contributed by atoms with Gasteiger partial charge in [0.25, 0.3) is 0 Å². The van der Waals surface area contributed by atoms with Crippen LogP contribution >= 0.6 is 0 Å². The van der Waals surface area contributed by atoms with E-state index in [4.69, 9.17) is 14.2 Å². The molecule has 0 unspecified atom stereocenters. The van der Waals surface area contributed by atoms with Gasteiger partial charge < -0.3 is 24.1 Å². The molecule has 1 fully saturated rings. The zero-order valence-electron chi connectivity index (χ0n) is 18.3. The molecule has 1 N–H and O–H groups in total. The molecule has 0 spiro atoms. The van der Waals surface area contributed by atoms with Crippen LogP contribution in [0, 0.1) is 6.92 Å². The van der Waals surface area contributed by atoms with Gasteiger partial charge in [-0.25, -0.2) is 0 Å². The predicted molar refractivity (Wildman–Crippen MR) is 124 cm³/mol. The molecule has 6 nitrogen and oxygen atoms in total. The number of rotatable bonds is 6. The number of aryl methyl sites for hydroxylation is 1. The Morgan fingerprint density at radius 2 is 2.00 bits per heavy atom. The second-order valence-corrected chi connectivity index (χ2v) is 8.31. The highest BCUT2D eigenvalue weighted by molar-refractivity contribution is 5.72. The number of nitrogens with one attached hydrogen (secondary N) is 1. The molecule has 3 heterocycles. The van der Waals surface area contributed by atoms with Gasteiger partial charge in [0.2, 0.25) is 0 Å². The van der Waals surface area contributed by atoms with E-state index in [0.717, 1.165) is 46.9 Å². The van der Waals surface area contributed by atoms with Crippen LogP contribution in [0.15, 0.2) is 59.4 Å². The molecule has 1 aromatic heterocycles. The van der Waals surface area contributed by atoms with Crippen molar-refractivity contribution < 1.29 is 14.2 Å². The molecule has 0 bridgehead atoms. The quantitative estimate of drug-likeness (QED) is 0.642. The van der Waals surface area contributed by atoms with Gasteiger partial charge in [-0.3, -0.25) is 4.79 Å². The fraction of sp³-hybridized carbons (Fsp3) is 0.346. The van der Waals surface area contributed by atoms with Gasteiger partial charge in [0.05, 0.1) is 31.6 Å². The van der Waals surface area contributed by atoms with E-state index in [0.29, 0.717) is 33.0 Å². The summed E-state index contributed by atoms with van der Waals surface area (Å²) in [5.74, 6) is 1.68. The van der Waals surface area contributed by atoms with Crippen molar-refractivity contribution in [1.82, 2.24) is 4.57 Å². The molecule has 2 aliphatic rings. The summed E-state index contributed by atoms with van der Waals surface area (Å²) in [6.07, 6.45) is 0.877. The van der Waals surface area contributed by atoms with Gasteiger partial charge in [-0.1, -0.05) is 30.3 Å². The fourth-order valence-corrected chi connectivity index (χ4v) is 4.42. The van der Waals surface area contributed by atoms with Crippen LogP contribution in [0.3, 0.4) is 0 Å². The normalized spacial score (nSPS) is 17.3. The maximum absolute atomic E-state index is 12.8. The van der Waals surface area contributed by atoms with Crippen molar-refractivity contribution in [2.45, 2.75) is 32.6 Å². The number of pyridine rings is 1. The monoisotopic (exact) mass is 432 g/mol. The molecule has 0 saturated carbocycles. The summed E-state index contributed by atoms with van der Waals surface area (Å²) in [5, 5.41) is 3.42. The fourth-order valence-electron chi connectivity index (χ4n) is 4.42. The lowest BCUT2D eigenvalue weighted by atomic mass is 9.94. The molecule has 1 atom stereocenters. The van der Waals surface area contributed by atoms with Crippen LogP contribution < -0.4 is 15.5 Å². The van der Waals surface area contributed by atoms with Gasteiger partial charge in [0.15, 0.2) is 5.43 Å². The first-order valence-corrected chi connectivity index (χ1v) is 11.2. The molecule has 6 heteroatoms. The van der Waals surface area contributed by atoms with E-state index in [1.54, 1.807) is 6.07 Å². The van der Waals surface area contributed by atoms with Crippen LogP contribution in [0.5, 0.6) is 5.75 Å². The van der Waals surface area contributed by atoms with E-state index in [-0.39, 0.29) is 11.5 Å². The Balaban J connectivity index is 1.39. The molecule has 1 saturated heterocycles. The summed E-state index contributed by atoms with van der Waals surface area (Å²) in [6.45, 7) is 5.69.